The number of ether oxygens (including phenoxy) is 1. The van der Waals surface area contributed by atoms with E-state index in [2.05, 4.69) is 0 Å². The van der Waals surface area contributed by atoms with Crippen molar-refractivity contribution in [3.8, 4) is 0 Å². The summed E-state index contributed by atoms with van der Waals surface area (Å²) in [6.07, 6.45) is 1.70. The summed E-state index contributed by atoms with van der Waals surface area (Å²) in [6, 6.07) is -0.0894. The average Bonchev–Trinajstić information content (AvgIpc) is 2.41. The van der Waals surface area contributed by atoms with Gasteiger partial charge < -0.3 is 10.5 Å². The van der Waals surface area contributed by atoms with E-state index >= 15 is 0 Å². The van der Waals surface area contributed by atoms with Crippen molar-refractivity contribution in [2.45, 2.75) is 38.8 Å². The number of morpholine rings is 1. The quantitative estimate of drug-likeness (QED) is 0.795. The molecule has 0 spiro atoms. The van der Waals surface area contributed by atoms with Gasteiger partial charge in [-0.3, -0.25) is 0 Å². The molecule has 2 N–H and O–H groups in total. The van der Waals surface area contributed by atoms with Gasteiger partial charge in [-0.25, -0.2) is 0 Å². The van der Waals surface area contributed by atoms with Gasteiger partial charge in [-0.05, 0) is 39.2 Å². The number of nitrogens with zero attached hydrogens (tertiary/aromatic N) is 2. The third-order valence-electron chi connectivity index (χ3n) is 4.08. The van der Waals surface area contributed by atoms with Gasteiger partial charge >= 0.3 is 0 Å². The predicted molar refractivity (Wildman–Crippen MR) is 73.9 cm³/mol. The van der Waals surface area contributed by atoms with Crippen LogP contribution in [0.1, 0.15) is 26.7 Å². The molecule has 2 fully saturated rings. The Morgan fingerprint density at radius 1 is 1.26 bits per heavy atom. The molecule has 2 heterocycles. The lowest BCUT2D eigenvalue weighted by atomic mass is 9.99. The summed E-state index contributed by atoms with van der Waals surface area (Å²) in [5, 5.41) is 0. The molecule has 0 aromatic heterocycles. The Balaban J connectivity index is 2.05. The molecule has 2 aliphatic rings. The van der Waals surface area contributed by atoms with Gasteiger partial charge in [0, 0.05) is 25.7 Å². The van der Waals surface area contributed by atoms with Crippen LogP contribution in [0.5, 0.6) is 0 Å². The summed E-state index contributed by atoms with van der Waals surface area (Å²) in [7, 11) is -3.35. The summed E-state index contributed by atoms with van der Waals surface area (Å²) < 4.78 is 34.0. The fraction of sp³-hybridized carbons (Fsp3) is 1.00. The van der Waals surface area contributed by atoms with Crippen molar-refractivity contribution in [1.82, 2.24) is 8.61 Å². The van der Waals surface area contributed by atoms with Crippen LogP contribution >= 0.6 is 0 Å². The molecule has 2 rings (SSSR count). The maximum Gasteiger partial charge on any atom is 0.282 e. The van der Waals surface area contributed by atoms with E-state index in [1.165, 1.54) is 0 Å². The molecular weight excluding hydrogens is 266 g/mol. The Labute approximate surface area is 116 Å². The molecule has 0 bridgehead atoms. The van der Waals surface area contributed by atoms with Crippen molar-refractivity contribution in [2.24, 2.45) is 11.7 Å². The van der Waals surface area contributed by atoms with Crippen molar-refractivity contribution in [2.75, 3.05) is 32.8 Å². The molecule has 19 heavy (non-hydrogen) atoms. The van der Waals surface area contributed by atoms with Crippen molar-refractivity contribution in [3.05, 3.63) is 0 Å². The van der Waals surface area contributed by atoms with Gasteiger partial charge in [-0.1, -0.05) is 0 Å². The minimum absolute atomic E-state index is 0.0347. The Hall–Kier alpha value is -0.210. The zero-order valence-electron chi connectivity index (χ0n) is 11.8. The van der Waals surface area contributed by atoms with Crippen molar-refractivity contribution >= 4 is 10.2 Å². The van der Waals surface area contributed by atoms with Crippen LogP contribution in [-0.4, -0.2) is 62.0 Å². The molecule has 0 aromatic carbocycles. The summed E-state index contributed by atoms with van der Waals surface area (Å²) in [5.41, 5.74) is 5.65. The van der Waals surface area contributed by atoms with Crippen LogP contribution in [0.2, 0.25) is 0 Å². The van der Waals surface area contributed by atoms with Crippen LogP contribution in [0.3, 0.4) is 0 Å². The Bertz CT molecular complexity index is 393. The highest BCUT2D eigenvalue weighted by molar-refractivity contribution is 7.86. The molecule has 2 aliphatic heterocycles. The van der Waals surface area contributed by atoms with Crippen LogP contribution in [0, 0.1) is 5.92 Å². The minimum atomic E-state index is -3.35. The highest BCUT2D eigenvalue weighted by Gasteiger charge is 2.38. The van der Waals surface area contributed by atoms with E-state index in [9.17, 15) is 8.42 Å². The average molecular weight is 291 g/mol. The van der Waals surface area contributed by atoms with Gasteiger partial charge in [0.05, 0.1) is 12.7 Å². The highest BCUT2D eigenvalue weighted by atomic mass is 32.2. The molecule has 7 heteroatoms. The van der Waals surface area contributed by atoms with Crippen molar-refractivity contribution < 1.29 is 13.2 Å². The van der Waals surface area contributed by atoms with E-state index in [1.807, 2.05) is 13.8 Å². The van der Waals surface area contributed by atoms with Crippen LogP contribution < -0.4 is 5.73 Å². The maximum atomic E-state index is 12.7. The van der Waals surface area contributed by atoms with E-state index in [0.717, 1.165) is 12.8 Å². The molecular formula is C12H25N3O3S. The first-order chi connectivity index (χ1) is 8.95. The zero-order valence-corrected chi connectivity index (χ0v) is 12.6. The maximum absolute atomic E-state index is 12.7. The second-order valence-electron chi connectivity index (χ2n) is 5.65. The van der Waals surface area contributed by atoms with Crippen LogP contribution in [0.15, 0.2) is 0 Å². The lowest BCUT2D eigenvalue weighted by Gasteiger charge is -2.40. The standard InChI is InChI=1S/C12H25N3O3S/c1-10-9-18-11(2)8-15(10)19(16,17)14-5-3-12(7-13)4-6-14/h10-12H,3-9,13H2,1-2H3/t10-,11+/m1/s1. The number of nitrogens with two attached hydrogens (primary N) is 1. The summed E-state index contributed by atoms with van der Waals surface area (Å²) >= 11 is 0. The Morgan fingerprint density at radius 2 is 1.89 bits per heavy atom. The van der Waals surface area contributed by atoms with Gasteiger partial charge in [0.1, 0.15) is 0 Å². The normalized spacial score (nSPS) is 32.6. The first kappa shape index (κ1) is 15.2. The molecule has 0 saturated carbocycles. The van der Waals surface area contributed by atoms with Crippen molar-refractivity contribution in [1.29, 1.82) is 0 Å². The lowest BCUT2D eigenvalue weighted by Crippen LogP contribution is -2.56. The van der Waals surface area contributed by atoms with Gasteiger partial charge in [0.25, 0.3) is 10.2 Å². The van der Waals surface area contributed by atoms with Crippen LogP contribution in [0.4, 0.5) is 0 Å². The molecule has 6 nitrogen and oxygen atoms in total. The lowest BCUT2D eigenvalue weighted by molar-refractivity contribution is -0.0194. The number of rotatable bonds is 3. The molecule has 0 amide bonds. The van der Waals surface area contributed by atoms with E-state index in [0.29, 0.717) is 38.7 Å². The molecule has 0 radical (unpaired) electrons. The summed E-state index contributed by atoms with van der Waals surface area (Å²) in [4.78, 5) is 0. The first-order valence-electron chi connectivity index (χ1n) is 7.03. The smallest absolute Gasteiger partial charge is 0.282 e. The van der Waals surface area contributed by atoms with Gasteiger partial charge in [0.15, 0.2) is 0 Å². The summed E-state index contributed by atoms with van der Waals surface area (Å²) in [6.45, 7) is 6.55. The third kappa shape index (κ3) is 3.28. The second kappa shape index (κ2) is 6.05. The zero-order chi connectivity index (χ0) is 14.0. The molecule has 2 atom stereocenters. The number of hydrogen-bond donors (Lipinski definition) is 1. The van der Waals surface area contributed by atoms with Crippen LogP contribution in [0.25, 0.3) is 0 Å². The molecule has 0 aliphatic carbocycles. The fourth-order valence-corrected chi connectivity index (χ4v) is 4.60. The monoisotopic (exact) mass is 291 g/mol. The predicted octanol–water partition coefficient (Wildman–Crippen LogP) is 0.0111. The van der Waals surface area contributed by atoms with Gasteiger partial charge in [-0.2, -0.15) is 17.0 Å². The van der Waals surface area contributed by atoms with Gasteiger partial charge in [0.2, 0.25) is 0 Å². The topological polar surface area (TPSA) is 75.9 Å². The van der Waals surface area contributed by atoms with E-state index in [1.54, 1.807) is 8.61 Å². The molecule has 2 saturated heterocycles. The molecule has 0 unspecified atom stereocenters. The van der Waals surface area contributed by atoms with Gasteiger partial charge in [-0.15, -0.1) is 0 Å². The van der Waals surface area contributed by atoms with E-state index < -0.39 is 10.2 Å². The van der Waals surface area contributed by atoms with E-state index in [4.69, 9.17) is 10.5 Å². The molecule has 112 valence electrons. The SMILES string of the molecule is C[C@@H]1CO[C@@H](C)CN1S(=O)(=O)N1CCC(CN)CC1. The second-order valence-corrected chi connectivity index (χ2v) is 7.53. The van der Waals surface area contributed by atoms with E-state index in [-0.39, 0.29) is 12.1 Å². The Kier molecular flexibility index (Phi) is 4.84. The number of hydrogen-bond acceptors (Lipinski definition) is 4. The fourth-order valence-electron chi connectivity index (χ4n) is 2.72. The van der Waals surface area contributed by atoms with Crippen molar-refractivity contribution in [3.63, 3.8) is 0 Å². The third-order valence-corrected chi connectivity index (χ3v) is 6.20. The van der Waals surface area contributed by atoms with Crippen LogP contribution in [-0.2, 0) is 14.9 Å². The molecule has 0 aromatic rings. The highest BCUT2D eigenvalue weighted by Crippen LogP contribution is 2.24. The minimum Gasteiger partial charge on any atom is -0.375 e. The Morgan fingerprint density at radius 3 is 2.47 bits per heavy atom. The largest absolute Gasteiger partial charge is 0.375 e. The number of piperidine rings is 1. The summed E-state index contributed by atoms with van der Waals surface area (Å²) in [5.74, 6) is 0.465. The first-order valence-corrected chi connectivity index (χ1v) is 8.43.